The standard InChI is InChI=1S/2C14H30/c1-11(9-13(3,4)5)12(2)10-14(6,7)8;1-12(2,3)9-10-14(7,8)11-13(4,5)6/h11-12H,9-10H2,1-8H3;9-11H2,1-8H3. The largest absolute Gasteiger partial charge is 0.0622 e. The molecule has 0 saturated heterocycles. The third-order valence-corrected chi connectivity index (χ3v) is 5.40. The summed E-state index contributed by atoms with van der Waals surface area (Å²) in [7, 11) is 0. The van der Waals surface area contributed by atoms with E-state index in [4.69, 9.17) is 0 Å². The molecule has 0 aliphatic heterocycles. The quantitative estimate of drug-likeness (QED) is 0.418. The fraction of sp³-hybridized carbons (Fsp3) is 1.00. The van der Waals surface area contributed by atoms with Crippen LogP contribution in [-0.2, 0) is 0 Å². The van der Waals surface area contributed by atoms with Gasteiger partial charge in [-0.3, -0.25) is 0 Å². The average molecular weight is 397 g/mol. The smallest absolute Gasteiger partial charge is 0.0349 e. The van der Waals surface area contributed by atoms with E-state index in [9.17, 15) is 0 Å². The number of hydrogen-bond donors (Lipinski definition) is 0. The molecule has 0 heteroatoms. The molecule has 0 amide bonds. The van der Waals surface area contributed by atoms with Crippen LogP contribution in [0.4, 0.5) is 0 Å². The molecule has 0 nitrogen and oxygen atoms in total. The van der Waals surface area contributed by atoms with Crippen LogP contribution in [0.1, 0.15) is 143 Å². The van der Waals surface area contributed by atoms with Gasteiger partial charge in [-0.15, -0.1) is 0 Å². The van der Waals surface area contributed by atoms with Gasteiger partial charge in [-0.1, -0.05) is 111 Å². The van der Waals surface area contributed by atoms with Crippen molar-refractivity contribution in [1.82, 2.24) is 0 Å². The molecular weight excluding hydrogens is 336 g/mol. The van der Waals surface area contributed by atoms with Crippen LogP contribution in [0.5, 0.6) is 0 Å². The zero-order valence-corrected chi connectivity index (χ0v) is 23.2. The highest BCUT2D eigenvalue weighted by Crippen LogP contribution is 2.39. The Morgan fingerprint density at radius 2 is 0.750 bits per heavy atom. The van der Waals surface area contributed by atoms with Crippen molar-refractivity contribution in [2.24, 2.45) is 38.9 Å². The lowest BCUT2D eigenvalue weighted by Crippen LogP contribution is -2.22. The Morgan fingerprint density at radius 1 is 0.429 bits per heavy atom. The summed E-state index contributed by atoms with van der Waals surface area (Å²) in [5.74, 6) is 1.68. The van der Waals surface area contributed by atoms with E-state index in [1.54, 1.807) is 0 Å². The van der Waals surface area contributed by atoms with Gasteiger partial charge < -0.3 is 0 Å². The fourth-order valence-electron chi connectivity index (χ4n) is 4.57. The molecular formula is C28H60. The molecule has 2 atom stereocenters. The third kappa shape index (κ3) is 22.3. The van der Waals surface area contributed by atoms with Crippen LogP contribution in [0.3, 0.4) is 0 Å². The maximum atomic E-state index is 2.41. The first kappa shape index (κ1) is 30.2. The van der Waals surface area contributed by atoms with Gasteiger partial charge in [0.15, 0.2) is 0 Å². The summed E-state index contributed by atoms with van der Waals surface area (Å²) >= 11 is 0. The minimum Gasteiger partial charge on any atom is -0.0622 e. The Morgan fingerprint density at radius 3 is 0.964 bits per heavy atom. The molecule has 172 valence electrons. The summed E-state index contributed by atoms with van der Waals surface area (Å²) in [6, 6.07) is 0. The Bertz CT molecular complexity index is 377. The Kier molecular flexibility index (Phi) is 11.7. The molecule has 0 saturated carbocycles. The Hall–Kier alpha value is 0. The predicted octanol–water partition coefficient (Wildman–Crippen LogP) is 10.4. The molecule has 0 N–H and O–H groups in total. The summed E-state index contributed by atoms with van der Waals surface area (Å²) in [6.45, 7) is 37.7. The zero-order valence-electron chi connectivity index (χ0n) is 23.2. The second kappa shape index (κ2) is 10.9. The lowest BCUT2D eigenvalue weighted by Gasteiger charge is -2.34. The lowest BCUT2D eigenvalue weighted by molar-refractivity contribution is 0.173. The van der Waals surface area contributed by atoms with E-state index in [2.05, 4.69) is 111 Å². The van der Waals surface area contributed by atoms with Crippen molar-refractivity contribution in [1.29, 1.82) is 0 Å². The highest BCUT2D eigenvalue weighted by atomic mass is 14.3. The Balaban J connectivity index is 0. The van der Waals surface area contributed by atoms with Crippen LogP contribution < -0.4 is 0 Å². The van der Waals surface area contributed by atoms with Gasteiger partial charge in [0.25, 0.3) is 0 Å². The van der Waals surface area contributed by atoms with Gasteiger partial charge >= 0.3 is 0 Å². The maximum Gasteiger partial charge on any atom is -0.0349 e. The minimum absolute atomic E-state index is 0.460. The van der Waals surface area contributed by atoms with Crippen LogP contribution in [0.25, 0.3) is 0 Å². The molecule has 28 heavy (non-hydrogen) atoms. The highest BCUT2D eigenvalue weighted by molar-refractivity contribution is 4.78. The van der Waals surface area contributed by atoms with Gasteiger partial charge in [0.05, 0.1) is 0 Å². The molecule has 0 heterocycles. The maximum absolute atomic E-state index is 2.41. The predicted molar refractivity (Wildman–Crippen MR) is 133 cm³/mol. The van der Waals surface area contributed by atoms with Gasteiger partial charge in [-0.2, -0.15) is 0 Å². The van der Waals surface area contributed by atoms with Gasteiger partial charge in [0, 0.05) is 0 Å². The topological polar surface area (TPSA) is 0 Å². The van der Waals surface area contributed by atoms with Gasteiger partial charge in [0.2, 0.25) is 0 Å². The molecule has 0 spiro atoms. The summed E-state index contributed by atoms with van der Waals surface area (Å²) in [4.78, 5) is 0. The summed E-state index contributed by atoms with van der Waals surface area (Å²) < 4.78 is 0. The molecule has 0 aromatic heterocycles. The van der Waals surface area contributed by atoms with E-state index >= 15 is 0 Å². The van der Waals surface area contributed by atoms with Crippen LogP contribution in [0.2, 0.25) is 0 Å². The fourth-order valence-corrected chi connectivity index (χ4v) is 4.57. The first-order valence-corrected chi connectivity index (χ1v) is 11.9. The van der Waals surface area contributed by atoms with Crippen molar-refractivity contribution >= 4 is 0 Å². The molecule has 0 bridgehead atoms. The van der Waals surface area contributed by atoms with Crippen molar-refractivity contribution in [2.45, 2.75) is 143 Å². The van der Waals surface area contributed by atoms with Gasteiger partial charge in [-0.05, 0) is 71.0 Å². The molecule has 0 aromatic carbocycles. The average Bonchev–Trinajstić information content (AvgIpc) is 2.29. The lowest BCUT2D eigenvalue weighted by atomic mass is 9.71. The van der Waals surface area contributed by atoms with Crippen molar-refractivity contribution in [3.8, 4) is 0 Å². The van der Waals surface area contributed by atoms with E-state index in [1.165, 1.54) is 32.1 Å². The molecule has 2 unspecified atom stereocenters. The molecule has 0 aliphatic carbocycles. The second-order valence-electron chi connectivity index (χ2n) is 15.4. The van der Waals surface area contributed by atoms with E-state index in [1.807, 2.05) is 0 Å². The number of rotatable bonds is 6. The number of hydrogen-bond acceptors (Lipinski definition) is 0. The first-order chi connectivity index (χ1) is 11.9. The van der Waals surface area contributed by atoms with Crippen LogP contribution in [-0.4, -0.2) is 0 Å². The molecule has 0 aromatic rings. The second-order valence-corrected chi connectivity index (χ2v) is 15.4. The van der Waals surface area contributed by atoms with Crippen molar-refractivity contribution in [3.63, 3.8) is 0 Å². The SMILES string of the molecule is CC(C)(C)CCC(C)(C)CC(C)(C)C.CC(CC(C)(C)C)C(C)CC(C)(C)C. The van der Waals surface area contributed by atoms with Gasteiger partial charge in [0.1, 0.15) is 0 Å². The van der Waals surface area contributed by atoms with E-state index in [-0.39, 0.29) is 0 Å². The van der Waals surface area contributed by atoms with Crippen LogP contribution in [0.15, 0.2) is 0 Å². The first-order valence-electron chi connectivity index (χ1n) is 11.9. The van der Waals surface area contributed by atoms with E-state index in [0.29, 0.717) is 27.1 Å². The zero-order chi connectivity index (χ0) is 23.2. The third-order valence-electron chi connectivity index (χ3n) is 5.40. The normalized spacial score (nSPS) is 16.3. The van der Waals surface area contributed by atoms with Crippen molar-refractivity contribution in [2.75, 3.05) is 0 Å². The van der Waals surface area contributed by atoms with E-state index in [0.717, 1.165) is 11.8 Å². The molecule has 0 radical (unpaired) electrons. The van der Waals surface area contributed by atoms with Gasteiger partial charge in [-0.25, -0.2) is 0 Å². The summed E-state index contributed by atoms with van der Waals surface area (Å²) in [5, 5.41) is 0. The van der Waals surface area contributed by atoms with Crippen molar-refractivity contribution < 1.29 is 0 Å². The van der Waals surface area contributed by atoms with E-state index < -0.39 is 0 Å². The molecule has 0 aliphatic rings. The highest BCUT2D eigenvalue weighted by Gasteiger charge is 2.27. The summed E-state index contributed by atoms with van der Waals surface area (Å²) in [6.07, 6.45) is 6.66. The molecule has 0 rings (SSSR count). The molecule has 0 fully saturated rings. The summed E-state index contributed by atoms with van der Waals surface area (Å²) in [5.41, 5.74) is 2.39. The monoisotopic (exact) mass is 396 g/mol. The minimum atomic E-state index is 0.460. The van der Waals surface area contributed by atoms with Crippen molar-refractivity contribution in [3.05, 3.63) is 0 Å². The Labute approximate surface area is 182 Å². The van der Waals surface area contributed by atoms with Crippen LogP contribution in [0, 0.1) is 38.9 Å². The van der Waals surface area contributed by atoms with Crippen LogP contribution >= 0.6 is 0 Å².